The second-order valence-corrected chi connectivity index (χ2v) is 11.7. The van der Waals surface area contributed by atoms with Gasteiger partial charge in [-0.2, -0.15) is 31.1 Å². The smallest absolute Gasteiger partial charge is 0.481 e. The normalized spacial score (nSPS) is 17.0. The van der Waals surface area contributed by atoms with E-state index in [1.807, 2.05) is 11.8 Å². The minimum atomic E-state index is -5.10. The van der Waals surface area contributed by atoms with Gasteiger partial charge in [0.05, 0.1) is 18.2 Å². The Bertz CT molecular complexity index is 1520. The molecule has 0 unspecified atom stereocenters. The number of aryl methyl sites for hydroxylation is 1. The quantitative estimate of drug-likeness (QED) is 0.188. The van der Waals surface area contributed by atoms with Crippen LogP contribution in [0.5, 0.6) is 5.75 Å². The van der Waals surface area contributed by atoms with Crippen LogP contribution in [0.2, 0.25) is 0 Å². The number of aliphatic carboxylic acids is 1. The molecule has 1 aromatic heterocycles. The highest BCUT2D eigenvalue weighted by atomic mass is 35.5. The van der Waals surface area contributed by atoms with Crippen molar-refractivity contribution < 1.29 is 54.2 Å². The minimum Gasteiger partial charge on any atom is -0.481 e. The summed E-state index contributed by atoms with van der Waals surface area (Å²) in [5.74, 6) is -1.47. The third-order valence-corrected chi connectivity index (χ3v) is 8.08. The average Bonchev–Trinajstić information content (AvgIpc) is 3.41. The molecule has 272 valence electrons. The van der Waals surface area contributed by atoms with E-state index in [4.69, 9.17) is 5.11 Å². The number of alkyl halides is 9. The zero-order chi connectivity index (χ0) is 35.4. The number of carbonyl (C=O) groups is 1. The van der Waals surface area contributed by atoms with Crippen molar-refractivity contribution in [3.8, 4) is 5.75 Å². The van der Waals surface area contributed by atoms with Crippen molar-refractivity contribution >= 4 is 30.0 Å². The van der Waals surface area contributed by atoms with Crippen LogP contribution in [0.3, 0.4) is 0 Å². The van der Waals surface area contributed by atoms with Gasteiger partial charge < -0.3 is 19.6 Å². The molecule has 49 heavy (non-hydrogen) atoms. The van der Waals surface area contributed by atoms with Gasteiger partial charge in [-0.15, -0.1) is 30.7 Å². The lowest BCUT2D eigenvalue weighted by Crippen LogP contribution is -2.33. The first kappa shape index (κ1) is 39.5. The number of ether oxygens (including phenoxy) is 1. The summed E-state index contributed by atoms with van der Waals surface area (Å²) in [5.41, 5.74) is -2.81. The molecule has 2 aromatic carbocycles. The maximum absolute atomic E-state index is 13.6. The summed E-state index contributed by atoms with van der Waals surface area (Å²) in [5, 5.41) is 20.8. The van der Waals surface area contributed by atoms with Crippen molar-refractivity contribution in [3.05, 3.63) is 58.7 Å². The Hall–Kier alpha value is -3.96. The van der Waals surface area contributed by atoms with Crippen LogP contribution in [0.25, 0.3) is 0 Å². The van der Waals surface area contributed by atoms with Crippen LogP contribution in [0.1, 0.15) is 61.3 Å². The molecule has 0 spiro atoms. The fourth-order valence-electron chi connectivity index (χ4n) is 5.90. The lowest BCUT2D eigenvalue weighted by Gasteiger charge is -2.34. The number of carboxylic acids is 1. The number of rotatable bonds is 12. The van der Waals surface area contributed by atoms with Crippen molar-refractivity contribution in [2.75, 3.05) is 22.9 Å². The van der Waals surface area contributed by atoms with Crippen LogP contribution in [0.15, 0.2) is 36.4 Å². The summed E-state index contributed by atoms with van der Waals surface area (Å²) in [6, 6.07) is 4.74. The first-order valence-corrected chi connectivity index (χ1v) is 14.9. The Balaban J connectivity index is 0.00000650. The number of hydrogen-bond acceptors (Lipinski definition) is 7. The molecule has 1 saturated carbocycles. The number of anilines is 2. The standard InChI is InChI=1S/C30H33F9N6O3.ClH/c1-3-44(15-19-6-4-18(5-7-19)12-26(46)47)25-9-8-24(48-30(37,38)39)13-21(25)17-45(27-40-42-43(2)41-27)16-20-10-22(28(31,32)33)14-23(11-20)29(34,35)36;/h8-11,13-14,18-19H,3-7,12,15-17H2,1-2H3,(H,46,47);1H/t18-,19-;. The number of nitrogens with zero attached hydrogens (tertiary/aromatic N) is 6. The largest absolute Gasteiger partial charge is 0.573 e. The van der Waals surface area contributed by atoms with Gasteiger partial charge >= 0.3 is 24.7 Å². The van der Waals surface area contributed by atoms with E-state index in [1.165, 1.54) is 18.0 Å². The summed E-state index contributed by atoms with van der Waals surface area (Å²) in [4.78, 5) is 15.3. The molecule has 0 atom stereocenters. The maximum atomic E-state index is 13.6. The van der Waals surface area contributed by atoms with Crippen LogP contribution in [0, 0.1) is 11.8 Å². The molecular formula is C30H34ClF9N6O3. The maximum Gasteiger partial charge on any atom is 0.573 e. The van der Waals surface area contributed by atoms with Crippen molar-refractivity contribution in [2.45, 2.75) is 70.8 Å². The molecule has 0 amide bonds. The lowest BCUT2D eigenvalue weighted by atomic mass is 9.80. The molecule has 1 heterocycles. The zero-order valence-corrected chi connectivity index (χ0v) is 27.1. The monoisotopic (exact) mass is 732 g/mol. The summed E-state index contributed by atoms with van der Waals surface area (Å²) >= 11 is 0. The van der Waals surface area contributed by atoms with Gasteiger partial charge in [0.1, 0.15) is 5.75 Å². The van der Waals surface area contributed by atoms with E-state index in [9.17, 15) is 44.3 Å². The zero-order valence-electron chi connectivity index (χ0n) is 26.2. The van der Waals surface area contributed by atoms with E-state index in [0.29, 0.717) is 43.8 Å². The molecule has 1 aliphatic carbocycles. The molecule has 1 N–H and O–H groups in total. The Labute approximate surface area is 281 Å². The predicted molar refractivity (Wildman–Crippen MR) is 161 cm³/mol. The van der Waals surface area contributed by atoms with Gasteiger partial charge in [0.15, 0.2) is 0 Å². The van der Waals surface area contributed by atoms with Crippen LogP contribution in [-0.4, -0.2) is 50.7 Å². The van der Waals surface area contributed by atoms with Crippen LogP contribution >= 0.6 is 12.4 Å². The third kappa shape index (κ3) is 11.3. The van der Waals surface area contributed by atoms with E-state index < -0.39 is 53.7 Å². The van der Waals surface area contributed by atoms with Crippen molar-refractivity contribution in [3.63, 3.8) is 0 Å². The predicted octanol–water partition coefficient (Wildman–Crippen LogP) is 7.88. The van der Waals surface area contributed by atoms with E-state index in [2.05, 4.69) is 20.1 Å². The van der Waals surface area contributed by atoms with Gasteiger partial charge in [-0.1, -0.05) is 5.10 Å². The second kappa shape index (κ2) is 15.7. The molecule has 19 heteroatoms. The van der Waals surface area contributed by atoms with Gasteiger partial charge in [-0.25, -0.2) is 0 Å². The van der Waals surface area contributed by atoms with Crippen LogP contribution < -0.4 is 14.5 Å². The number of hydrogen-bond donors (Lipinski definition) is 1. The number of aromatic nitrogens is 4. The Kier molecular flexibility index (Phi) is 12.7. The Morgan fingerprint density at radius 2 is 1.49 bits per heavy atom. The van der Waals surface area contributed by atoms with Crippen molar-refractivity contribution in [2.24, 2.45) is 18.9 Å². The molecule has 4 rings (SSSR count). The molecule has 0 saturated heterocycles. The van der Waals surface area contributed by atoms with Gasteiger partial charge in [0, 0.05) is 38.3 Å². The molecular weight excluding hydrogens is 699 g/mol. The Morgan fingerprint density at radius 3 is 1.98 bits per heavy atom. The molecule has 9 nitrogen and oxygen atoms in total. The third-order valence-electron chi connectivity index (χ3n) is 8.08. The van der Waals surface area contributed by atoms with Gasteiger partial charge in [-0.05, 0) is 97.2 Å². The highest BCUT2D eigenvalue weighted by Crippen LogP contribution is 2.38. The fourth-order valence-corrected chi connectivity index (χ4v) is 5.90. The minimum absolute atomic E-state index is 0. The highest BCUT2D eigenvalue weighted by molar-refractivity contribution is 5.85. The van der Waals surface area contributed by atoms with Gasteiger partial charge in [0.2, 0.25) is 0 Å². The lowest BCUT2D eigenvalue weighted by molar-refractivity contribution is -0.274. The van der Waals surface area contributed by atoms with E-state index in [0.717, 1.165) is 29.8 Å². The summed E-state index contributed by atoms with van der Waals surface area (Å²) in [6.45, 7) is 1.74. The summed E-state index contributed by atoms with van der Waals surface area (Å²) in [6.07, 6.45) is -12.3. The van der Waals surface area contributed by atoms with Gasteiger partial charge in [-0.3, -0.25) is 4.79 Å². The first-order chi connectivity index (χ1) is 22.3. The van der Waals surface area contributed by atoms with Gasteiger partial charge in [0.25, 0.3) is 5.95 Å². The van der Waals surface area contributed by atoms with Crippen LogP contribution in [0.4, 0.5) is 51.1 Å². The average molecular weight is 733 g/mol. The molecule has 1 fully saturated rings. The molecule has 1 aliphatic rings. The molecule has 0 radical (unpaired) electrons. The number of tetrazole rings is 1. The fraction of sp³-hybridized carbons (Fsp3) is 0.533. The molecule has 0 aliphatic heterocycles. The SMILES string of the molecule is CCN(C[C@H]1CC[C@H](CC(=O)O)CC1)c1ccc(OC(F)(F)F)cc1CN(Cc1cc(C(F)(F)F)cc(C(F)(F)F)c1)c1nnn(C)n1.Cl. The van der Waals surface area contributed by atoms with Crippen LogP contribution in [-0.2, 0) is 37.3 Å². The summed E-state index contributed by atoms with van der Waals surface area (Å²) < 4.78 is 125. The summed E-state index contributed by atoms with van der Waals surface area (Å²) in [7, 11) is 1.38. The number of carboxylic acid groups (broad SMARTS) is 1. The molecule has 3 aromatic rings. The number of halogens is 10. The van der Waals surface area contributed by atoms with E-state index in [1.54, 1.807) is 0 Å². The van der Waals surface area contributed by atoms with Crippen molar-refractivity contribution in [1.82, 2.24) is 20.2 Å². The Morgan fingerprint density at radius 1 is 0.898 bits per heavy atom. The highest BCUT2D eigenvalue weighted by Gasteiger charge is 2.37. The topological polar surface area (TPSA) is 96.6 Å². The van der Waals surface area contributed by atoms with Crippen molar-refractivity contribution in [1.29, 1.82) is 0 Å². The second-order valence-electron chi connectivity index (χ2n) is 11.7. The number of benzene rings is 2. The molecule has 0 bridgehead atoms. The van der Waals surface area contributed by atoms with E-state index >= 15 is 0 Å². The van der Waals surface area contributed by atoms with E-state index in [-0.39, 0.29) is 54.8 Å². The first-order valence-electron chi connectivity index (χ1n) is 14.9.